The standard InChI is InChI=1S/C15H13NO3/c17-9-12-5-6-13(18)14(15(12)19)16-7-10-3-1-2-4-11(10)8-16/h1-6,9,18-19H,7-8H2. The van der Waals surface area contributed by atoms with Gasteiger partial charge in [0, 0.05) is 13.1 Å². The van der Waals surface area contributed by atoms with Gasteiger partial charge in [-0.1, -0.05) is 24.3 Å². The Balaban J connectivity index is 2.04. The van der Waals surface area contributed by atoms with E-state index in [-0.39, 0.29) is 17.1 Å². The molecule has 0 aromatic heterocycles. The number of anilines is 1. The lowest BCUT2D eigenvalue weighted by Gasteiger charge is -2.20. The minimum absolute atomic E-state index is 0.0177. The summed E-state index contributed by atoms with van der Waals surface area (Å²) >= 11 is 0. The number of phenolic OH excluding ortho intramolecular Hbond substituents is 2. The van der Waals surface area contributed by atoms with Gasteiger partial charge in [-0.05, 0) is 23.3 Å². The van der Waals surface area contributed by atoms with E-state index < -0.39 is 0 Å². The molecule has 0 radical (unpaired) electrons. The summed E-state index contributed by atoms with van der Waals surface area (Å²) in [6.07, 6.45) is 0.585. The lowest BCUT2D eigenvalue weighted by atomic mass is 10.1. The fourth-order valence-corrected chi connectivity index (χ4v) is 2.48. The van der Waals surface area contributed by atoms with Crippen molar-refractivity contribution in [1.82, 2.24) is 0 Å². The van der Waals surface area contributed by atoms with Crippen molar-refractivity contribution in [3.63, 3.8) is 0 Å². The summed E-state index contributed by atoms with van der Waals surface area (Å²) < 4.78 is 0. The molecule has 0 bridgehead atoms. The number of phenols is 2. The Kier molecular flexibility index (Phi) is 2.63. The Labute approximate surface area is 110 Å². The van der Waals surface area contributed by atoms with Gasteiger partial charge in [-0.2, -0.15) is 0 Å². The van der Waals surface area contributed by atoms with Crippen LogP contribution in [0, 0.1) is 0 Å². The van der Waals surface area contributed by atoms with E-state index in [2.05, 4.69) is 0 Å². The minimum atomic E-state index is -0.164. The maximum Gasteiger partial charge on any atom is 0.153 e. The van der Waals surface area contributed by atoms with E-state index >= 15 is 0 Å². The zero-order valence-corrected chi connectivity index (χ0v) is 10.2. The van der Waals surface area contributed by atoms with Crippen molar-refractivity contribution in [2.75, 3.05) is 4.90 Å². The Hall–Kier alpha value is -2.49. The number of nitrogens with zero attached hydrogens (tertiary/aromatic N) is 1. The molecule has 1 heterocycles. The highest BCUT2D eigenvalue weighted by molar-refractivity contribution is 5.86. The summed E-state index contributed by atoms with van der Waals surface area (Å²) in [6, 6.07) is 10.8. The van der Waals surface area contributed by atoms with Gasteiger partial charge in [0.15, 0.2) is 12.0 Å². The second-order valence-electron chi connectivity index (χ2n) is 4.61. The number of fused-ring (bicyclic) bond motifs is 1. The van der Waals surface area contributed by atoms with Crippen molar-refractivity contribution in [1.29, 1.82) is 0 Å². The van der Waals surface area contributed by atoms with Gasteiger partial charge in [-0.25, -0.2) is 0 Å². The van der Waals surface area contributed by atoms with Crippen LogP contribution in [-0.4, -0.2) is 16.5 Å². The van der Waals surface area contributed by atoms with Crippen molar-refractivity contribution in [3.8, 4) is 11.5 Å². The fraction of sp³-hybridized carbons (Fsp3) is 0.133. The summed E-state index contributed by atoms with van der Waals surface area (Å²) in [5.74, 6) is -0.182. The van der Waals surface area contributed by atoms with Crippen LogP contribution >= 0.6 is 0 Å². The molecule has 1 aliphatic heterocycles. The average Bonchev–Trinajstić information content (AvgIpc) is 2.82. The quantitative estimate of drug-likeness (QED) is 0.809. The molecule has 19 heavy (non-hydrogen) atoms. The second kappa shape index (κ2) is 4.31. The molecule has 0 aliphatic carbocycles. The van der Waals surface area contributed by atoms with Crippen molar-refractivity contribution in [2.24, 2.45) is 0 Å². The van der Waals surface area contributed by atoms with Gasteiger partial charge >= 0.3 is 0 Å². The number of carbonyl (C=O) groups is 1. The molecule has 0 unspecified atom stereocenters. The van der Waals surface area contributed by atoms with Crippen LogP contribution in [0.4, 0.5) is 5.69 Å². The number of aldehydes is 1. The molecule has 0 atom stereocenters. The summed E-state index contributed by atoms with van der Waals surface area (Å²) in [5.41, 5.74) is 2.83. The molecule has 4 heteroatoms. The lowest BCUT2D eigenvalue weighted by molar-refractivity contribution is 0.112. The monoisotopic (exact) mass is 255 g/mol. The van der Waals surface area contributed by atoms with Crippen LogP contribution in [0.5, 0.6) is 11.5 Å². The Morgan fingerprint density at radius 2 is 1.63 bits per heavy atom. The summed E-state index contributed by atoms with van der Waals surface area (Å²) in [4.78, 5) is 12.7. The van der Waals surface area contributed by atoms with Crippen molar-refractivity contribution in [2.45, 2.75) is 13.1 Å². The summed E-state index contributed by atoms with van der Waals surface area (Å²) in [5, 5.41) is 20.0. The minimum Gasteiger partial charge on any atom is -0.506 e. The van der Waals surface area contributed by atoms with Crippen LogP contribution in [0.25, 0.3) is 0 Å². The molecule has 0 fully saturated rings. The van der Waals surface area contributed by atoms with Gasteiger partial charge in [0.1, 0.15) is 11.4 Å². The van der Waals surface area contributed by atoms with Crippen LogP contribution in [0.1, 0.15) is 21.5 Å². The Morgan fingerprint density at radius 1 is 1.00 bits per heavy atom. The fourth-order valence-electron chi connectivity index (χ4n) is 2.48. The first-order valence-corrected chi connectivity index (χ1v) is 6.02. The predicted octanol–water partition coefficient (Wildman–Crippen LogP) is 2.43. The molecule has 2 aromatic carbocycles. The normalized spacial score (nSPS) is 13.4. The van der Waals surface area contributed by atoms with Gasteiger partial charge in [0.2, 0.25) is 0 Å². The predicted molar refractivity (Wildman–Crippen MR) is 71.5 cm³/mol. The number of rotatable bonds is 2. The van der Waals surface area contributed by atoms with E-state index in [1.807, 2.05) is 29.2 Å². The molecule has 2 N–H and O–H groups in total. The van der Waals surface area contributed by atoms with Crippen molar-refractivity contribution in [3.05, 3.63) is 53.1 Å². The zero-order chi connectivity index (χ0) is 13.4. The van der Waals surface area contributed by atoms with Gasteiger partial charge in [-0.3, -0.25) is 4.79 Å². The van der Waals surface area contributed by atoms with Gasteiger partial charge in [-0.15, -0.1) is 0 Å². The maximum atomic E-state index is 10.9. The number of benzene rings is 2. The van der Waals surface area contributed by atoms with Gasteiger partial charge in [0.05, 0.1) is 5.56 Å². The largest absolute Gasteiger partial charge is 0.506 e. The highest BCUT2D eigenvalue weighted by Gasteiger charge is 2.24. The molecule has 1 aliphatic rings. The van der Waals surface area contributed by atoms with E-state index in [1.54, 1.807) is 0 Å². The van der Waals surface area contributed by atoms with Gasteiger partial charge in [0.25, 0.3) is 0 Å². The van der Waals surface area contributed by atoms with Crippen molar-refractivity contribution >= 4 is 12.0 Å². The highest BCUT2D eigenvalue weighted by atomic mass is 16.3. The Bertz CT molecular complexity index is 627. The lowest BCUT2D eigenvalue weighted by Crippen LogP contribution is -2.15. The summed E-state index contributed by atoms with van der Waals surface area (Å²) in [6.45, 7) is 1.22. The van der Waals surface area contributed by atoms with E-state index in [9.17, 15) is 15.0 Å². The molecule has 0 saturated heterocycles. The zero-order valence-electron chi connectivity index (χ0n) is 10.2. The molecule has 4 nitrogen and oxygen atoms in total. The third kappa shape index (κ3) is 1.81. The topological polar surface area (TPSA) is 60.8 Å². The third-order valence-electron chi connectivity index (χ3n) is 3.45. The molecule has 3 rings (SSSR count). The van der Waals surface area contributed by atoms with E-state index in [0.29, 0.717) is 25.1 Å². The first-order valence-electron chi connectivity index (χ1n) is 6.02. The van der Waals surface area contributed by atoms with Crippen LogP contribution in [0.3, 0.4) is 0 Å². The van der Waals surface area contributed by atoms with Crippen molar-refractivity contribution < 1.29 is 15.0 Å². The van der Waals surface area contributed by atoms with E-state index in [0.717, 1.165) is 11.1 Å². The highest BCUT2D eigenvalue weighted by Crippen LogP contribution is 2.42. The molecule has 0 amide bonds. The second-order valence-corrected chi connectivity index (χ2v) is 4.61. The molecule has 0 spiro atoms. The Morgan fingerprint density at radius 3 is 2.21 bits per heavy atom. The van der Waals surface area contributed by atoms with E-state index in [4.69, 9.17) is 0 Å². The number of hydrogen-bond acceptors (Lipinski definition) is 4. The first kappa shape index (κ1) is 11.6. The number of carbonyl (C=O) groups excluding carboxylic acids is 1. The molecule has 96 valence electrons. The van der Waals surface area contributed by atoms with Crippen LogP contribution in [-0.2, 0) is 13.1 Å². The number of hydrogen-bond donors (Lipinski definition) is 2. The molecular formula is C15H13NO3. The maximum absolute atomic E-state index is 10.9. The SMILES string of the molecule is O=Cc1ccc(O)c(N2Cc3ccccc3C2)c1O. The van der Waals surface area contributed by atoms with E-state index in [1.165, 1.54) is 12.1 Å². The van der Waals surface area contributed by atoms with Crippen LogP contribution in [0.15, 0.2) is 36.4 Å². The molecule has 0 saturated carbocycles. The summed E-state index contributed by atoms with van der Waals surface area (Å²) in [7, 11) is 0. The van der Waals surface area contributed by atoms with Crippen LogP contribution in [0.2, 0.25) is 0 Å². The number of aromatic hydroxyl groups is 2. The molecular weight excluding hydrogens is 242 g/mol. The average molecular weight is 255 g/mol. The van der Waals surface area contributed by atoms with Crippen LogP contribution < -0.4 is 4.90 Å². The van der Waals surface area contributed by atoms with Gasteiger partial charge < -0.3 is 15.1 Å². The smallest absolute Gasteiger partial charge is 0.153 e. The third-order valence-corrected chi connectivity index (χ3v) is 3.45. The first-order chi connectivity index (χ1) is 9.20. The molecule has 2 aromatic rings.